The van der Waals surface area contributed by atoms with Crippen molar-refractivity contribution < 1.29 is 19.1 Å². The van der Waals surface area contributed by atoms with Crippen molar-refractivity contribution >= 4 is 22.8 Å². The third-order valence-electron chi connectivity index (χ3n) is 3.84. The van der Waals surface area contributed by atoms with Crippen molar-refractivity contribution in [2.75, 3.05) is 20.3 Å². The van der Waals surface area contributed by atoms with Gasteiger partial charge in [-0.05, 0) is 37.1 Å². The number of nitriles is 1. The van der Waals surface area contributed by atoms with Crippen LogP contribution in [0.4, 0.5) is 0 Å². The number of carbonyl (C=O) groups is 2. The molecule has 0 radical (unpaired) electrons. The van der Waals surface area contributed by atoms with Gasteiger partial charge in [0.1, 0.15) is 5.75 Å². The highest BCUT2D eigenvalue weighted by Crippen LogP contribution is 2.31. The van der Waals surface area contributed by atoms with Gasteiger partial charge in [-0.1, -0.05) is 0 Å². The first-order valence-electron chi connectivity index (χ1n) is 8.01. The Morgan fingerprint density at radius 3 is 2.76 bits per heavy atom. The van der Waals surface area contributed by atoms with E-state index in [1.54, 1.807) is 20.1 Å². The second kappa shape index (κ2) is 8.20. The lowest BCUT2D eigenvalue weighted by atomic mass is 9.99. The zero-order chi connectivity index (χ0) is 18.4. The van der Waals surface area contributed by atoms with Crippen molar-refractivity contribution in [3.05, 3.63) is 29.5 Å². The van der Waals surface area contributed by atoms with Crippen molar-refractivity contribution in [1.29, 1.82) is 5.26 Å². The molecule has 1 amide bonds. The highest BCUT2D eigenvalue weighted by atomic mass is 16.5. The van der Waals surface area contributed by atoms with E-state index < -0.39 is 11.9 Å². The average molecular weight is 343 g/mol. The minimum absolute atomic E-state index is 0.138. The lowest BCUT2D eigenvalue weighted by Crippen LogP contribution is -2.23. The maximum absolute atomic E-state index is 12.1. The number of aromatic nitrogens is 1. The summed E-state index contributed by atoms with van der Waals surface area (Å²) in [6.45, 7) is 3.73. The Balaban J connectivity index is 2.50. The number of nitrogens with zero attached hydrogens (tertiary/aromatic N) is 1. The number of esters is 1. The molecule has 0 bridgehead atoms. The lowest BCUT2D eigenvalue weighted by molar-refractivity contribution is -0.143. The zero-order valence-corrected chi connectivity index (χ0v) is 14.5. The fourth-order valence-electron chi connectivity index (χ4n) is 2.71. The Labute approximate surface area is 145 Å². The van der Waals surface area contributed by atoms with Crippen LogP contribution in [-0.2, 0) is 20.7 Å². The maximum Gasteiger partial charge on any atom is 0.329 e. The van der Waals surface area contributed by atoms with Gasteiger partial charge in [-0.3, -0.25) is 9.59 Å². The molecule has 2 aromatic rings. The molecule has 2 N–H and O–H groups in total. The number of amides is 1. The topological polar surface area (TPSA) is 104 Å². The van der Waals surface area contributed by atoms with Crippen molar-refractivity contribution in [2.45, 2.75) is 26.2 Å². The lowest BCUT2D eigenvalue weighted by Gasteiger charge is -2.10. The van der Waals surface area contributed by atoms with Crippen molar-refractivity contribution in [3.8, 4) is 11.8 Å². The first kappa shape index (κ1) is 18.3. The first-order chi connectivity index (χ1) is 12.0. The van der Waals surface area contributed by atoms with Gasteiger partial charge in [0.15, 0.2) is 5.92 Å². The average Bonchev–Trinajstić information content (AvgIpc) is 2.93. The van der Waals surface area contributed by atoms with E-state index in [0.717, 1.165) is 16.5 Å². The molecule has 0 aliphatic carbocycles. The minimum Gasteiger partial charge on any atom is -0.497 e. The van der Waals surface area contributed by atoms with Gasteiger partial charge in [0, 0.05) is 30.1 Å². The molecule has 1 aromatic heterocycles. The van der Waals surface area contributed by atoms with Gasteiger partial charge in [-0.15, -0.1) is 0 Å². The Morgan fingerprint density at radius 2 is 2.16 bits per heavy atom. The van der Waals surface area contributed by atoms with E-state index in [9.17, 15) is 14.9 Å². The quantitative estimate of drug-likeness (QED) is 0.749. The molecule has 25 heavy (non-hydrogen) atoms. The molecule has 1 heterocycles. The van der Waals surface area contributed by atoms with Gasteiger partial charge in [-0.25, -0.2) is 0 Å². The molecule has 2 rings (SSSR count). The largest absolute Gasteiger partial charge is 0.497 e. The summed E-state index contributed by atoms with van der Waals surface area (Å²) in [5.74, 6) is -1.11. The molecule has 7 nitrogen and oxygen atoms in total. The molecule has 0 saturated carbocycles. The van der Waals surface area contributed by atoms with Crippen molar-refractivity contribution in [1.82, 2.24) is 10.3 Å². The summed E-state index contributed by atoms with van der Waals surface area (Å²) in [5.41, 5.74) is 2.08. The Morgan fingerprint density at radius 1 is 1.40 bits per heavy atom. The second-order valence-corrected chi connectivity index (χ2v) is 5.48. The van der Waals surface area contributed by atoms with Crippen LogP contribution in [0.2, 0.25) is 0 Å². The number of benzene rings is 1. The van der Waals surface area contributed by atoms with E-state index >= 15 is 0 Å². The van der Waals surface area contributed by atoms with Gasteiger partial charge >= 0.3 is 5.97 Å². The number of rotatable bonds is 7. The van der Waals surface area contributed by atoms with E-state index in [0.29, 0.717) is 24.4 Å². The normalized spacial score (nSPS) is 11.6. The maximum atomic E-state index is 12.1. The number of hydrogen-bond donors (Lipinski definition) is 2. The summed E-state index contributed by atoms with van der Waals surface area (Å²) in [6, 6.07) is 7.48. The van der Waals surface area contributed by atoms with E-state index in [2.05, 4.69) is 10.3 Å². The number of carbonyl (C=O) groups excluding carboxylic acids is 2. The summed E-state index contributed by atoms with van der Waals surface area (Å²) in [6.07, 6.45) is 0.472. The fraction of sp³-hybridized carbons (Fsp3) is 0.389. The summed E-state index contributed by atoms with van der Waals surface area (Å²) in [7, 11) is 1.57. The number of hydrogen-bond acceptors (Lipinski definition) is 5. The molecule has 1 aromatic carbocycles. The molecule has 0 aliphatic heterocycles. The van der Waals surface area contributed by atoms with Gasteiger partial charge in [0.25, 0.3) is 0 Å². The smallest absolute Gasteiger partial charge is 0.329 e. The third kappa shape index (κ3) is 4.10. The number of methoxy groups -OCH3 is 1. The third-order valence-corrected chi connectivity index (χ3v) is 3.84. The van der Waals surface area contributed by atoms with E-state index in [4.69, 9.17) is 9.47 Å². The van der Waals surface area contributed by atoms with Crippen LogP contribution in [0.5, 0.6) is 5.75 Å². The highest BCUT2D eigenvalue weighted by molar-refractivity contribution is 5.90. The molecule has 1 atom stereocenters. The number of fused-ring (bicyclic) bond motifs is 1. The molecule has 0 spiro atoms. The van der Waals surface area contributed by atoms with E-state index in [1.807, 2.05) is 18.2 Å². The molecular formula is C18H21N3O4. The monoisotopic (exact) mass is 343 g/mol. The van der Waals surface area contributed by atoms with Crippen LogP contribution in [0.25, 0.3) is 10.9 Å². The van der Waals surface area contributed by atoms with E-state index in [-0.39, 0.29) is 12.5 Å². The van der Waals surface area contributed by atoms with Crippen molar-refractivity contribution in [3.63, 3.8) is 0 Å². The van der Waals surface area contributed by atoms with Gasteiger partial charge < -0.3 is 19.8 Å². The molecular weight excluding hydrogens is 322 g/mol. The summed E-state index contributed by atoms with van der Waals surface area (Å²) >= 11 is 0. The van der Waals surface area contributed by atoms with Crippen LogP contribution in [0.15, 0.2) is 18.2 Å². The van der Waals surface area contributed by atoms with Crippen LogP contribution in [0, 0.1) is 11.3 Å². The van der Waals surface area contributed by atoms with Crippen LogP contribution in [0.3, 0.4) is 0 Å². The van der Waals surface area contributed by atoms with Gasteiger partial charge in [-0.2, -0.15) is 5.26 Å². The summed E-state index contributed by atoms with van der Waals surface area (Å²) < 4.78 is 10.3. The second-order valence-electron chi connectivity index (χ2n) is 5.48. The number of ether oxygens (including phenoxy) is 2. The van der Waals surface area contributed by atoms with Crippen LogP contribution in [0.1, 0.15) is 31.0 Å². The van der Waals surface area contributed by atoms with Crippen molar-refractivity contribution in [2.24, 2.45) is 0 Å². The molecule has 0 aliphatic rings. The molecule has 0 saturated heterocycles. The Hall–Kier alpha value is -3.01. The zero-order valence-electron chi connectivity index (χ0n) is 14.5. The number of aromatic amines is 1. The Kier molecular flexibility index (Phi) is 6.01. The molecule has 7 heteroatoms. The first-order valence-corrected chi connectivity index (χ1v) is 8.01. The minimum atomic E-state index is -1.05. The van der Waals surface area contributed by atoms with E-state index in [1.165, 1.54) is 6.92 Å². The summed E-state index contributed by atoms with van der Waals surface area (Å²) in [5, 5.41) is 13.1. The molecule has 0 fully saturated rings. The SMILES string of the molecule is CCOC(=O)C(C#N)c1[nH]c2ccc(OC)cc2c1CCNC(C)=O. The highest BCUT2D eigenvalue weighted by Gasteiger charge is 2.27. The Bertz CT molecular complexity index is 820. The predicted molar refractivity (Wildman–Crippen MR) is 92.2 cm³/mol. The number of H-pyrrole nitrogens is 1. The standard InChI is InChI=1S/C18H21N3O4/c1-4-25-18(23)15(10-19)17-13(7-8-20-11(2)22)14-9-12(24-3)5-6-16(14)21-17/h5-6,9,15,21H,4,7-8H2,1-3H3,(H,20,22). The van der Waals surface area contributed by atoms with Crippen LogP contribution < -0.4 is 10.1 Å². The number of nitrogens with one attached hydrogen (secondary N) is 2. The fourth-order valence-corrected chi connectivity index (χ4v) is 2.71. The van der Waals surface area contributed by atoms with Crippen LogP contribution >= 0.6 is 0 Å². The molecule has 1 unspecified atom stereocenters. The summed E-state index contributed by atoms with van der Waals surface area (Å²) in [4.78, 5) is 26.4. The predicted octanol–water partition coefficient (Wildman–Crippen LogP) is 2.03. The van der Waals surface area contributed by atoms with Gasteiger partial charge in [0.05, 0.1) is 19.8 Å². The van der Waals surface area contributed by atoms with Gasteiger partial charge in [0.2, 0.25) is 5.91 Å². The molecule has 132 valence electrons. The van der Waals surface area contributed by atoms with Crippen LogP contribution in [-0.4, -0.2) is 37.1 Å².